The van der Waals surface area contributed by atoms with E-state index in [-0.39, 0.29) is 39.5 Å². The van der Waals surface area contributed by atoms with Crippen molar-refractivity contribution in [3.8, 4) is 0 Å². The molecule has 0 aromatic rings. The van der Waals surface area contributed by atoms with Crippen LogP contribution in [-0.2, 0) is 66.8 Å². The minimum absolute atomic E-state index is 0.0190. The highest BCUT2D eigenvalue weighted by molar-refractivity contribution is 6.23. The van der Waals surface area contributed by atoms with E-state index >= 15 is 0 Å². The van der Waals surface area contributed by atoms with Gasteiger partial charge in [-0.15, -0.1) is 0 Å². The van der Waals surface area contributed by atoms with Gasteiger partial charge in [0.05, 0.1) is 52.6 Å². The lowest BCUT2D eigenvalue weighted by Gasteiger charge is -2.22. The molecule has 0 radical (unpaired) electrons. The number of aliphatic hydroxyl groups is 4. The molecular formula is C30H32N2O18. The van der Waals surface area contributed by atoms with E-state index in [1.165, 1.54) is 9.80 Å². The van der Waals surface area contributed by atoms with Gasteiger partial charge in [-0.05, 0) is 0 Å². The van der Waals surface area contributed by atoms with Crippen molar-refractivity contribution in [3.05, 3.63) is 45.3 Å². The van der Waals surface area contributed by atoms with Gasteiger partial charge in [0.15, 0.2) is 26.4 Å². The predicted molar refractivity (Wildman–Crippen MR) is 157 cm³/mol. The first-order valence-corrected chi connectivity index (χ1v) is 14.9. The Bertz CT molecular complexity index is 1320. The molecule has 270 valence electrons. The summed E-state index contributed by atoms with van der Waals surface area (Å²) in [6, 6.07) is 0. The molecule has 0 bridgehead atoms. The molecule has 4 heterocycles. The first-order chi connectivity index (χ1) is 23.8. The number of carbonyl (C=O) groups excluding carboxylic acids is 8. The average Bonchev–Trinajstić information content (AvgIpc) is 3.78. The summed E-state index contributed by atoms with van der Waals surface area (Å²) in [6.45, 7) is -4.35. The Morgan fingerprint density at radius 1 is 0.440 bits per heavy atom. The zero-order valence-corrected chi connectivity index (χ0v) is 26.3. The van der Waals surface area contributed by atoms with Crippen molar-refractivity contribution in [1.82, 2.24) is 9.80 Å². The topological polar surface area (TPSA) is 279 Å². The van der Waals surface area contributed by atoms with Crippen LogP contribution in [0.5, 0.6) is 0 Å². The number of aliphatic hydroxyl groups excluding tert-OH is 4. The van der Waals surface area contributed by atoms with E-state index in [1.807, 2.05) is 0 Å². The third kappa shape index (κ3) is 9.16. The van der Waals surface area contributed by atoms with Crippen molar-refractivity contribution in [2.24, 2.45) is 0 Å². The van der Waals surface area contributed by atoms with Gasteiger partial charge in [-0.25, -0.2) is 19.2 Å². The molecule has 0 amide bonds. The fourth-order valence-electron chi connectivity index (χ4n) is 4.97. The summed E-state index contributed by atoms with van der Waals surface area (Å²) < 4.78 is 29.5. The highest BCUT2D eigenvalue weighted by atomic mass is 16.6. The highest BCUT2D eigenvalue weighted by Crippen LogP contribution is 2.19. The van der Waals surface area contributed by atoms with Crippen LogP contribution >= 0.6 is 0 Å². The number of Topliss-reactive ketones (excluding diaryl/α,β-unsaturated/α-hetero) is 4. The Kier molecular flexibility index (Phi) is 12.5. The van der Waals surface area contributed by atoms with Crippen LogP contribution in [-0.4, -0.2) is 169 Å². The monoisotopic (exact) mass is 708 g/mol. The molecule has 4 aliphatic heterocycles. The number of carbonyl (C=O) groups is 8. The molecule has 4 rings (SSSR count). The van der Waals surface area contributed by atoms with Gasteiger partial charge >= 0.3 is 23.9 Å². The fraction of sp³-hybridized carbons (Fsp3) is 0.467. The first kappa shape index (κ1) is 37.4. The number of ketones is 4. The van der Waals surface area contributed by atoms with Gasteiger partial charge in [0.25, 0.3) is 0 Å². The maximum Gasteiger partial charge on any atom is 0.345 e. The highest BCUT2D eigenvalue weighted by Gasteiger charge is 2.36. The molecule has 20 nitrogen and oxygen atoms in total. The maximum absolute atomic E-state index is 11.9. The normalized spacial score (nSPS) is 22.0. The van der Waals surface area contributed by atoms with Crippen molar-refractivity contribution in [1.29, 1.82) is 0 Å². The maximum atomic E-state index is 11.9. The molecule has 0 spiro atoms. The number of hydrogen-bond acceptors (Lipinski definition) is 20. The van der Waals surface area contributed by atoms with Crippen LogP contribution in [0.4, 0.5) is 0 Å². The minimum Gasteiger partial charge on any atom is -0.510 e. The molecule has 0 saturated carbocycles. The molecular weight excluding hydrogens is 676 g/mol. The Labute approximate surface area is 281 Å². The SMILES string of the molecule is O=C1COC(=O)/C1=C(\O)CN(CCOCCOCCN(C/C(O)=C1\C(=O)COC1=O)C/C(O)=C1/C(=O)COC1=O)C/C(O)=C1/C(=O)COC1=O. The molecule has 50 heavy (non-hydrogen) atoms. The van der Waals surface area contributed by atoms with Crippen LogP contribution < -0.4 is 0 Å². The number of hydrogen-bond donors (Lipinski definition) is 4. The smallest absolute Gasteiger partial charge is 0.345 e. The van der Waals surface area contributed by atoms with Crippen LogP contribution in [0.2, 0.25) is 0 Å². The lowest BCUT2D eigenvalue weighted by molar-refractivity contribution is -0.136. The second-order valence-corrected chi connectivity index (χ2v) is 10.9. The second-order valence-electron chi connectivity index (χ2n) is 10.9. The van der Waals surface area contributed by atoms with Crippen molar-refractivity contribution in [2.45, 2.75) is 0 Å². The lowest BCUT2D eigenvalue weighted by atomic mass is 10.1. The number of rotatable bonds is 17. The molecule has 0 atom stereocenters. The molecule has 0 unspecified atom stereocenters. The summed E-state index contributed by atoms with van der Waals surface area (Å²) in [5, 5.41) is 41.8. The zero-order valence-electron chi connectivity index (χ0n) is 26.3. The molecule has 4 saturated heterocycles. The number of nitrogens with zero attached hydrogens (tertiary/aromatic N) is 2. The predicted octanol–water partition coefficient (Wildman–Crippen LogP) is -2.62. The van der Waals surface area contributed by atoms with E-state index in [2.05, 4.69) is 18.9 Å². The summed E-state index contributed by atoms with van der Waals surface area (Å²) in [5.41, 5.74) is -2.28. The van der Waals surface area contributed by atoms with Gasteiger partial charge in [-0.3, -0.25) is 29.0 Å². The number of ether oxygens (including phenoxy) is 6. The summed E-state index contributed by atoms with van der Waals surface area (Å²) in [7, 11) is 0. The fourth-order valence-corrected chi connectivity index (χ4v) is 4.97. The Balaban J connectivity index is 1.31. The molecule has 4 aliphatic rings. The summed E-state index contributed by atoms with van der Waals surface area (Å²) >= 11 is 0. The quantitative estimate of drug-likeness (QED) is 0.0300. The first-order valence-electron chi connectivity index (χ1n) is 14.9. The molecule has 4 fully saturated rings. The molecule has 20 heteroatoms. The summed E-state index contributed by atoms with van der Waals surface area (Å²) in [6.07, 6.45) is 0. The average molecular weight is 709 g/mol. The van der Waals surface area contributed by atoms with Crippen LogP contribution in [0.25, 0.3) is 0 Å². The van der Waals surface area contributed by atoms with Crippen molar-refractivity contribution >= 4 is 47.0 Å². The van der Waals surface area contributed by atoms with Crippen LogP contribution in [0.1, 0.15) is 0 Å². The van der Waals surface area contributed by atoms with E-state index in [1.54, 1.807) is 0 Å². The summed E-state index contributed by atoms with van der Waals surface area (Å²) in [4.78, 5) is 97.8. The van der Waals surface area contributed by atoms with Crippen LogP contribution in [0.15, 0.2) is 45.3 Å². The standard InChI is InChI=1S/C30H32N2O18/c33-15(23-19(37)11-47-27(23)41)7-31(8-16(34)24-20(38)12-48-28(24)42)1-3-45-5-6-46-4-2-32(9-17(35)25-21(39)13-49-29(25)43)10-18(36)26-22(40)14-50-30(26)44/h33-36H,1-14H2/b23-15-,24-16+,25-17-,26-18+. The number of esters is 4. The van der Waals surface area contributed by atoms with Crippen LogP contribution in [0.3, 0.4) is 0 Å². The Morgan fingerprint density at radius 3 is 0.880 bits per heavy atom. The lowest BCUT2D eigenvalue weighted by Crippen LogP contribution is -2.34. The van der Waals surface area contributed by atoms with Crippen molar-refractivity contribution in [3.63, 3.8) is 0 Å². The Hall–Kier alpha value is -5.44. The van der Waals surface area contributed by atoms with Gasteiger partial charge < -0.3 is 48.8 Å². The van der Waals surface area contributed by atoms with E-state index in [9.17, 15) is 58.8 Å². The van der Waals surface area contributed by atoms with Crippen molar-refractivity contribution in [2.75, 3.05) is 92.1 Å². The van der Waals surface area contributed by atoms with E-state index in [0.717, 1.165) is 0 Å². The van der Waals surface area contributed by atoms with E-state index in [4.69, 9.17) is 9.47 Å². The zero-order chi connectivity index (χ0) is 36.5. The van der Waals surface area contributed by atoms with Gasteiger partial charge in [0.1, 0.15) is 45.3 Å². The summed E-state index contributed by atoms with van der Waals surface area (Å²) in [5.74, 6) is -9.74. The van der Waals surface area contributed by atoms with Crippen LogP contribution in [0, 0.1) is 0 Å². The third-order valence-corrected chi connectivity index (χ3v) is 7.39. The number of cyclic esters (lactones) is 4. The Morgan fingerprint density at radius 2 is 0.680 bits per heavy atom. The van der Waals surface area contributed by atoms with Crippen molar-refractivity contribution < 1.29 is 87.2 Å². The molecule has 0 aromatic heterocycles. The molecule has 0 aromatic carbocycles. The minimum atomic E-state index is -1.03. The third-order valence-electron chi connectivity index (χ3n) is 7.39. The molecule has 0 aliphatic carbocycles. The van der Waals surface area contributed by atoms with Gasteiger partial charge in [-0.2, -0.15) is 0 Å². The van der Waals surface area contributed by atoms with Gasteiger partial charge in [0, 0.05) is 13.1 Å². The van der Waals surface area contributed by atoms with E-state index in [0.29, 0.717) is 0 Å². The van der Waals surface area contributed by atoms with E-state index < -0.39 is 145 Å². The molecule has 4 N–H and O–H groups in total. The largest absolute Gasteiger partial charge is 0.510 e. The van der Waals surface area contributed by atoms with Gasteiger partial charge in [-0.1, -0.05) is 0 Å². The van der Waals surface area contributed by atoms with Gasteiger partial charge in [0.2, 0.25) is 23.1 Å². The second kappa shape index (κ2) is 16.8.